The van der Waals surface area contributed by atoms with Gasteiger partial charge in [0.05, 0.1) is 4.92 Å². The zero-order valence-corrected chi connectivity index (χ0v) is 11.3. The summed E-state index contributed by atoms with van der Waals surface area (Å²) in [6.07, 6.45) is 0. The van der Waals surface area contributed by atoms with Crippen molar-refractivity contribution in [3.8, 4) is 0 Å². The lowest BCUT2D eigenvalue weighted by Gasteiger charge is -2.14. The molecule has 1 aromatic rings. The van der Waals surface area contributed by atoms with Crippen molar-refractivity contribution in [3.63, 3.8) is 0 Å². The van der Waals surface area contributed by atoms with Gasteiger partial charge in [0.2, 0.25) is 0 Å². The lowest BCUT2D eigenvalue weighted by molar-refractivity contribution is -0.384. The van der Waals surface area contributed by atoms with Crippen molar-refractivity contribution in [2.75, 3.05) is 11.5 Å². The summed E-state index contributed by atoms with van der Waals surface area (Å²) in [5.74, 6) is 2.36. The molecule has 2 unspecified atom stereocenters. The van der Waals surface area contributed by atoms with Crippen LogP contribution < -0.4 is 0 Å². The predicted octanol–water partition coefficient (Wildman–Crippen LogP) is 3.21. The van der Waals surface area contributed by atoms with E-state index in [4.69, 9.17) is 11.8 Å². The molecule has 3 nitrogen and oxygen atoms in total. The third-order valence-electron chi connectivity index (χ3n) is 2.13. The minimum Gasteiger partial charge on any atom is -0.258 e. The summed E-state index contributed by atoms with van der Waals surface area (Å²) >= 11 is 7.37. The summed E-state index contributed by atoms with van der Waals surface area (Å²) in [6, 6.07) is 6.94. The number of hydrogen-bond acceptors (Lipinski definition) is 4. The van der Waals surface area contributed by atoms with E-state index in [1.807, 2.05) is 23.5 Å². The van der Waals surface area contributed by atoms with Gasteiger partial charge in [0.1, 0.15) is 0 Å². The molecule has 1 fully saturated rings. The van der Waals surface area contributed by atoms with E-state index in [2.05, 4.69) is 0 Å². The lowest BCUT2D eigenvalue weighted by Crippen LogP contribution is -1.88. The van der Waals surface area contributed by atoms with E-state index >= 15 is 0 Å². The molecule has 1 aliphatic rings. The molecular weight excluding hydrogens is 269 g/mol. The van der Waals surface area contributed by atoms with Gasteiger partial charge in [0.25, 0.3) is 5.69 Å². The topological polar surface area (TPSA) is 43.1 Å². The molecule has 0 spiro atoms. The van der Waals surface area contributed by atoms with Crippen molar-refractivity contribution >= 4 is 44.5 Å². The monoisotopic (exact) mass is 279 g/mol. The number of nitro benzene ring substituents is 1. The third-order valence-corrected chi connectivity index (χ3v) is 15.4. The minimum absolute atomic E-state index is 0.166. The fourth-order valence-electron chi connectivity index (χ4n) is 1.38. The van der Waals surface area contributed by atoms with Crippen LogP contribution in [0, 0.1) is 10.1 Å². The predicted molar refractivity (Wildman–Crippen MR) is 73.4 cm³/mol. The molecule has 1 heterocycles. The second-order valence-electron chi connectivity index (χ2n) is 3.04. The maximum atomic E-state index is 10.5. The van der Waals surface area contributed by atoms with Crippen molar-refractivity contribution in [1.82, 2.24) is 0 Å². The normalized spacial score (nSPS) is 27.7. The maximum absolute atomic E-state index is 10.5. The van der Waals surface area contributed by atoms with E-state index in [9.17, 15) is 10.1 Å². The molecule has 0 N–H and O–H groups in total. The highest BCUT2D eigenvalue weighted by Crippen LogP contribution is 2.70. The van der Waals surface area contributed by atoms with E-state index in [1.165, 1.54) is 16.4 Å². The molecule has 0 amide bonds. The largest absolute Gasteiger partial charge is 0.269 e. The van der Waals surface area contributed by atoms with Gasteiger partial charge in [0.15, 0.2) is 0 Å². The summed E-state index contributed by atoms with van der Waals surface area (Å²) in [6.45, 7) is 0. The molecule has 2 atom stereocenters. The van der Waals surface area contributed by atoms with Gasteiger partial charge in [-0.15, -0.1) is 11.4 Å². The molecule has 2 rings (SSSR count). The van der Waals surface area contributed by atoms with Crippen LogP contribution in [-0.4, -0.2) is 16.4 Å². The van der Waals surface area contributed by atoms with Crippen molar-refractivity contribution in [2.24, 2.45) is 0 Å². The van der Waals surface area contributed by atoms with E-state index < -0.39 is 5.10 Å². The van der Waals surface area contributed by atoms with Gasteiger partial charge in [-0.1, -0.05) is 11.8 Å². The molecule has 1 saturated heterocycles. The second kappa shape index (κ2) is 4.87. The Hall–Kier alpha value is -0.0300. The molecule has 7 heteroatoms. The van der Waals surface area contributed by atoms with Crippen LogP contribution in [0.5, 0.6) is 0 Å². The molecule has 0 bridgehead atoms. The highest BCUT2D eigenvalue weighted by atomic mass is 33.2. The van der Waals surface area contributed by atoms with Gasteiger partial charge >= 0.3 is 0 Å². The van der Waals surface area contributed by atoms with Crippen LogP contribution >= 0.6 is 27.0 Å². The highest BCUT2D eigenvalue weighted by molar-refractivity contribution is 9.00. The van der Waals surface area contributed by atoms with Crippen molar-refractivity contribution in [2.45, 2.75) is 4.90 Å². The number of non-ortho nitro benzene ring substituents is 1. The first-order valence-electron chi connectivity index (χ1n) is 4.37. The SMILES string of the molecule is O=[N+]([O-])c1ccc([SH]2CCS[PH]2=S)cc1. The Balaban J connectivity index is 2.23. The van der Waals surface area contributed by atoms with Crippen LogP contribution in [-0.2, 0) is 11.8 Å². The Morgan fingerprint density at radius 2 is 2.13 bits per heavy atom. The number of hydrogen-bond donors (Lipinski definition) is 1. The standard InChI is InChI=1S/C8H10NO2PS3/c10-9(11)7-1-3-8(4-2-7)15-6-5-14-12(15)13/h1-4,12,15H,5-6H2. The first-order valence-corrected chi connectivity index (χ1v) is 11.1. The van der Waals surface area contributed by atoms with Crippen molar-refractivity contribution in [1.29, 1.82) is 0 Å². The smallest absolute Gasteiger partial charge is 0.258 e. The second-order valence-corrected chi connectivity index (χ2v) is 15.0. The number of thiol groups is 1. The van der Waals surface area contributed by atoms with Crippen LogP contribution in [0.4, 0.5) is 5.69 Å². The first kappa shape index (κ1) is 11.5. The third kappa shape index (κ3) is 2.56. The summed E-state index contributed by atoms with van der Waals surface area (Å²) in [5.41, 5.74) is 0.166. The number of nitrogens with zero attached hydrogens (tertiary/aromatic N) is 1. The zero-order valence-electron chi connectivity index (χ0n) is 7.75. The average molecular weight is 279 g/mol. The Labute approximate surface area is 100 Å². The Morgan fingerprint density at radius 1 is 1.47 bits per heavy atom. The summed E-state index contributed by atoms with van der Waals surface area (Å²) < 4.78 is 0. The zero-order chi connectivity index (χ0) is 10.8. The van der Waals surface area contributed by atoms with Crippen molar-refractivity contribution < 1.29 is 4.92 Å². The van der Waals surface area contributed by atoms with Gasteiger partial charge in [-0.3, -0.25) is 10.1 Å². The molecule has 1 aromatic carbocycles. The van der Waals surface area contributed by atoms with Crippen molar-refractivity contribution in [3.05, 3.63) is 34.4 Å². The molecular formula is C8H10NO2PS3. The molecule has 15 heavy (non-hydrogen) atoms. The molecule has 0 aromatic heterocycles. The average Bonchev–Trinajstić information content (AvgIpc) is 2.65. The van der Waals surface area contributed by atoms with E-state index in [0.717, 1.165) is 0 Å². The van der Waals surface area contributed by atoms with E-state index in [1.54, 1.807) is 12.1 Å². The lowest BCUT2D eigenvalue weighted by atomic mass is 10.3. The molecule has 1 aliphatic heterocycles. The fraction of sp³-hybridized carbons (Fsp3) is 0.250. The summed E-state index contributed by atoms with van der Waals surface area (Å²) in [7, 11) is -0.176. The Bertz CT molecular complexity index is 409. The molecule has 82 valence electrons. The van der Waals surface area contributed by atoms with Crippen LogP contribution in [0.25, 0.3) is 0 Å². The van der Waals surface area contributed by atoms with Crippen LogP contribution in [0.15, 0.2) is 29.2 Å². The van der Waals surface area contributed by atoms with Gasteiger partial charge in [-0.2, -0.15) is 10.5 Å². The number of nitro groups is 1. The Kier molecular flexibility index (Phi) is 3.72. The fourth-order valence-corrected chi connectivity index (χ4v) is 14.7. The quantitative estimate of drug-likeness (QED) is 0.391. The first-order chi connectivity index (χ1) is 7.18. The molecule has 0 saturated carbocycles. The van der Waals surface area contributed by atoms with Crippen LogP contribution in [0.3, 0.4) is 0 Å². The summed E-state index contributed by atoms with van der Waals surface area (Å²) in [5, 5.41) is 9.80. The minimum atomic E-state index is -0.686. The molecule has 0 aliphatic carbocycles. The maximum Gasteiger partial charge on any atom is 0.269 e. The number of benzene rings is 1. The summed E-state index contributed by atoms with van der Waals surface area (Å²) in [4.78, 5) is 11.4. The van der Waals surface area contributed by atoms with E-state index in [0.29, 0.717) is 0 Å². The Morgan fingerprint density at radius 3 is 2.60 bits per heavy atom. The van der Waals surface area contributed by atoms with Gasteiger partial charge in [0, 0.05) is 23.0 Å². The van der Waals surface area contributed by atoms with Crippen LogP contribution in [0.1, 0.15) is 0 Å². The highest BCUT2D eigenvalue weighted by Gasteiger charge is 2.18. The van der Waals surface area contributed by atoms with Gasteiger partial charge in [-0.05, 0) is 22.8 Å². The molecule has 0 radical (unpaired) electrons. The number of rotatable bonds is 2. The van der Waals surface area contributed by atoms with Gasteiger partial charge in [-0.25, -0.2) is 0 Å². The van der Waals surface area contributed by atoms with Gasteiger partial charge < -0.3 is 0 Å². The van der Waals surface area contributed by atoms with Crippen LogP contribution in [0.2, 0.25) is 0 Å². The van der Waals surface area contributed by atoms with E-state index in [-0.39, 0.29) is 21.1 Å².